The highest BCUT2D eigenvalue weighted by Crippen LogP contribution is 2.41. The second kappa shape index (κ2) is 6.18. The standard InChI is InChI=1S/C17H16ClN3O2S/c18-11-5-6-12(14(8-11)21-7-1-2-15(21)22)16(23)20-17-19-13(9-24-17)10-3-4-10/h5-6,8-10H,1-4,7H2,(H,19,20,23). The van der Waals surface area contributed by atoms with Gasteiger partial charge in [0.2, 0.25) is 5.91 Å². The Morgan fingerprint density at radius 2 is 2.21 bits per heavy atom. The molecule has 5 nitrogen and oxygen atoms in total. The van der Waals surface area contributed by atoms with Gasteiger partial charge in [-0.2, -0.15) is 0 Å². The maximum atomic E-state index is 12.7. The molecule has 1 N–H and O–H groups in total. The number of rotatable bonds is 4. The first-order chi connectivity index (χ1) is 11.6. The van der Waals surface area contributed by atoms with Gasteiger partial charge in [-0.05, 0) is 37.5 Å². The van der Waals surface area contributed by atoms with Crippen molar-refractivity contribution < 1.29 is 9.59 Å². The quantitative estimate of drug-likeness (QED) is 0.893. The molecule has 1 aliphatic heterocycles. The number of nitrogens with one attached hydrogen (secondary N) is 1. The molecule has 124 valence electrons. The number of carbonyl (C=O) groups is 2. The number of thiazole rings is 1. The van der Waals surface area contributed by atoms with E-state index in [4.69, 9.17) is 11.6 Å². The largest absolute Gasteiger partial charge is 0.312 e. The normalized spacial score (nSPS) is 17.4. The van der Waals surface area contributed by atoms with E-state index in [1.807, 2.05) is 5.38 Å². The number of halogens is 1. The van der Waals surface area contributed by atoms with Crippen LogP contribution < -0.4 is 10.2 Å². The molecule has 1 saturated heterocycles. The summed E-state index contributed by atoms with van der Waals surface area (Å²) in [6.45, 7) is 0.614. The van der Waals surface area contributed by atoms with Crippen molar-refractivity contribution in [2.75, 3.05) is 16.8 Å². The molecule has 1 aliphatic carbocycles. The molecule has 1 aromatic carbocycles. The Hall–Kier alpha value is -1.92. The average molecular weight is 362 g/mol. The van der Waals surface area contributed by atoms with E-state index >= 15 is 0 Å². The molecular weight excluding hydrogens is 346 g/mol. The van der Waals surface area contributed by atoms with Crippen LogP contribution in [0.1, 0.15) is 47.7 Å². The van der Waals surface area contributed by atoms with Crippen molar-refractivity contribution in [1.29, 1.82) is 0 Å². The van der Waals surface area contributed by atoms with Crippen LogP contribution in [0.3, 0.4) is 0 Å². The summed E-state index contributed by atoms with van der Waals surface area (Å²) >= 11 is 7.51. The molecule has 0 bridgehead atoms. The van der Waals surface area contributed by atoms with Crippen molar-refractivity contribution in [2.24, 2.45) is 0 Å². The molecule has 0 atom stereocenters. The van der Waals surface area contributed by atoms with Gasteiger partial charge in [-0.1, -0.05) is 11.6 Å². The van der Waals surface area contributed by atoms with Gasteiger partial charge in [0.15, 0.2) is 5.13 Å². The monoisotopic (exact) mass is 361 g/mol. The summed E-state index contributed by atoms with van der Waals surface area (Å²) in [7, 11) is 0. The maximum absolute atomic E-state index is 12.7. The van der Waals surface area contributed by atoms with E-state index in [0.717, 1.165) is 12.1 Å². The maximum Gasteiger partial charge on any atom is 0.259 e. The average Bonchev–Trinajstić information content (AvgIpc) is 3.16. The van der Waals surface area contributed by atoms with Crippen LogP contribution in [0.15, 0.2) is 23.6 Å². The summed E-state index contributed by atoms with van der Waals surface area (Å²) in [6, 6.07) is 5.00. The molecule has 0 spiro atoms. The fraction of sp³-hybridized carbons (Fsp3) is 0.353. The highest BCUT2D eigenvalue weighted by atomic mass is 35.5. The summed E-state index contributed by atoms with van der Waals surface area (Å²) in [4.78, 5) is 30.8. The molecule has 2 aromatic rings. The van der Waals surface area contributed by atoms with Crippen molar-refractivity contribution in [3.8, 4) is 0 Å². The van der Waals surface area contributed by atoms with E-state index < -0.39 is 0 Å². The molecular formula is C17H16ClN3O2S. The van der Waals surface area contributed by atoms with Crippen LogP contribution in [0.5, 0.6) is 0 Å². The van der Waals surface area contributed by atoms with Gasteiger partial charge < -0.3 is 4.90 Å². The van der Waals surface area contributed by atoms with Gasteiger partial charge >= 0.3 is 0 Å². The molecule has 2 amide bonds. The van der Waals surface area contributed by atoms with E-state index in [1.165, 1.54) is 24.2 Å². The van der Waals surface area contributed by atoms with Crippen LogP contribution in [0.25, 0.3) is 0 Å². The summed E-state index contributed by atoms with van der Waals surface area (Å²) in [5.74, 6) is 0.315. The number of anilines is 2. The van der Waals surface area contributed by atoms with Crippen molar-refractivity contribution >= 4 is 45.6 Å². The van der Waals surface area contributed by atoms with E-state index in [2.05, 4.69) is 10.3 Å². The van der Waals surface area contributed by atoms with Gasteiger partial charge in [0.25, 0.3) is 5.91 Å². The fourth-order valence-corrected chi connectivity index (χ4v) is 3.85. The van der Waals surface area contributed by atoms with Gasteiger partial charge in [0.1, 0.15) is 0 Å². The second-order valence-electron chi connectivity index (χ2n) is 6.12. The lowest BCUT2D eigenvalue weighted by molar-refractivity contribution is -0.117. The minimum absolute atomic E-state index is 0.0246. The Bertz CT molecular complexity index is 816. The Morgan fingerprint density at radius 3 is 2.92 bits per heavy atom. The fourth-order valence-electron chi connectivity index (χ4n) is 2.90. The number of nitrogens with zero attached hydrogens (tertiary/aromatic N) is 2. The van der Waals surface area contributed by atoms with Gasteiger partial charge in [0, 0.05) is 29.3 Å². The highest BCUT2D eigenvalue weighted by Gasteiger charge is 2.28. The van der Waals surface area contributed by atoms with Crippen molar-refractivity contribution in [2.45, 2.75) is 31.6 Å². The number of hydrogen-bond donors (Lipinski definition) is 1. The SMILES string of the molecule is O=C(Nc1nc(C2CC2)cs1)c1ccc(Cl)cc1N1CCCC1=O. The summed E-state index contributed by atoms with van der Waals surface area (Å²) in [6.07, 6.45) is 3.65. The lowest BCUT2D eigenvalue weighted by atomic mass is 10.1. The molecule has 1 saturated carbocycles. The van der Waals surface area contributed by atoms with Gasteiger partial charge in [-0.3, -0.25) is 14.9 Å². The third-order valence-corrected chi connectivity index (χ3v) is 5.32. The first-order valence-electron chi connectivity index (χ1n) is 7.98. The smallest absolute Gasteiger partial charge is 0.259 e. The molecule has 2 heterocycles. The second-order valence-corrected chi connectivity index (χ2v) is 7.41. The zero-order valence-corrected chi connectivity index (χ0v) is 14.5. The summed E-state index contributed by atoms with van der Waals surface area (Å²) in [5, 5.41) is 5.95. The zero-order valence-electron chi connectivity index (χ0n) is 12.9. The van der Waals surface area contributed by atoms with E-state index in [-0.39, 0.29) is 11.8 Å². The topological polar surface area (TPSA) is 62.3 Å². The van der Waals surface area contributed by atoms with Crippen molar-refractivity contribution in [3.63, 3.8) is 0 Å². The molecule has 7 heteroatoms. The molecule has 2 aliphatic rings. The molecule has 2 fully saturated rings. The first kappa shape index (κ1) is 15.6. The molecule has 4 rings (SSSR count). The molecule has 24 heavy (non-hydrogen) atoms. The number of amides is 2. The van der Waals surface area contributed by atoms with Gasteiger partial charge in [0.05, 0.1) is 16.9 Å². The van der Waals surface area contributed by atoms with Crippen LogP contribution >= 0.6 is 22.9 Å². The lowest BCUT2D eigenvalue weighted by Crippen LogP contribution is -2.27. The van der Waals surface area contributed by atoms with Crippen LogP contribution in [0, 0.1) is 0 Å². The highest BCUT2D eigenvalue weighted by molar-refractivity contribution is 7.14. The van der Waals surface area contributed by atoms with Crippen LogP contribution in [-0.4, -0.2) is 23.3 Å². The van der Waals surface area contributed by atoms with E-state index in [0.29, 0.717) is 40.3 Å². The number of aromatic nitrogens is 1. The van der Waals surface area contributed by atoms with Crippen LogP contribution in [0.2, 0.25) is 5.02 Å². The molecule has 0 radical (unpaired) electrons. The van der Waals surface area contributed by atoms with Gasteiger partial charge in [-0.15, -0.1) is 11.3 Å². The first-order valence-corrected chi connectivity index (χ1v) is 9.24. The number of benzene rings is 1. The van der Waals surface area contributed by atoms with Crippen LogP contribution in [0.4, 0.5) is 10.8 Å². The Balaban J connectivity index is 1.59. The number of carbonyl (C=O) groups excluding carboxylic acids is 2. The lowest BCUT2D eigenvalue weighted by Gasteiger charge is -2.19. The minimum Gasteiger partial charge on any atom is -0.312 e. The number of hydrogen-bond acceptors (Lipinski definition) is 4. The van der Waals surface area contributed by atoms with Gasteiger partial charge in [-0.25, -0.2) is 4.98 Å². The van der Waals surface area contributed by atoms with E-state index in [1.54, 1.807) is 23.1 Å². The molecule has 1 aromatic heterocycles. The Labute approximate surface area is 148 Å². The zero-order chi connectivity index (χ0) is 16.7. The Kier molecular flexibility index (Phi) is 4.02. The summed E-state index contributed by atoms with van der Waals surface area (Å²) < 4.78 is 0. The Morgan fingerprint density at radius 1 is 1.38 bits per heavy atom. The third kappa shape index (κ3) is 3.03. The minimum atomic E-state index is -0.266. The van der Waals surface area contributed by atoms with E-state index in [9.17, 15) is 9.59 Å². The predicted octanol–water partition coefficient (Wildman–Crippen LogP) is 4.05. The summed E-state index contributed by atoms with van der Waals surface area (Å²) in [5.41, 5.74) is 2.07. The van der Waals surface area contributed by atoms with Crippen molar-refractivity contribution in [1.82, 2.24) is 4.98 Å². The predicted molar refractivity (Wildman–Crippen MR) is 95.1 cm³/mol. The van der Waals surface area contributed by atoms with Crippen LogP contribution in [-0.2, 0) is 4.79 Å². The molecule has 0 unspecified atom stereocenters. The van der Waals surface area contributed by atoms with Crippen molar-refractivity contribution in [3.05, 3.63) is 39.9 Å². The third-order valence-electron chi connectivity index (χ3n) is 4.31.